The predicted octanol–water partition coefficient (Wildman–Crippen LogP) is 2.46. The van der Waals surface area contributed by atoms with Crippen LogP contribution in [0.15, 0.2) is 22.0 Å². The molecule has 1 fully saturated rings. The van der Waals surface area contributed by atoms with Gasteiger partial charge in [0, 0.05) is 24.0 Å². The van der Waals surface area contributed by atoms with Gasteiger partial charge < -0.3 is 10.0 Å². The monoisotopic (exact) mass is 329 g/mol. The molecular weight excluding hydrogens is 318 g/mol. The molecule has 1 amide bonds. The van der Waals surface area contributed by atoms with E-state index in [4.69, 9.17) is 5.11 Å². The molecule has 96 valence electrons. The first-order chi connectivity index (χ1) is 8.56. The van der Waals surface area contributed by atoms with E-state index < -0.39 is 11.9 Å². The number of halogens is 1. The molecule has 0 saturated carbocycles. The minimum absolute atomic E-state index is 0.122. The lowest BCUT2D eigenvalue weighted by molar-refractivity contribution is -0.141. The maximum Gasteiger partial charge on any atom is 0.308 e. The van der Waals surface area contributed by atoms with E-state index in [1.165, 1.54) is 6.08 Å². The highest BCUT2D eigenvalue weighted by Crippen LogP contribution is 2.23. The molecule has 1 aliphatic rings. The third-order valence-electron chi connectivity index (χ3n) is 2.83. The molecule has 6 heteroatoms. The summed E-state index contributed by atoms with van der Waals surface area (Å²) in [7, 11) is 0. The average molecular weight is 330 g/mol. The average Bonchev–Trinajstić information content (AvgIpc) is 2.94. The predicted molar refractivity (Wildman–Crippen MR) is 73.4 cm³/mol. The van der Waals surface area contributed by atoms with E-state index in [9.17, 15) is 9.59 Å². The fraction of sp³-hybridized carbons (Fsp3) is 0.333. The molecule has 0 aromatic carbocycles. The van der Waals surface area contributed by atoms with Gasteiger partial charge in [0.1, 0.15) is 0 Å². The minimum atomic E-state index is -0.823. The standard InChI is InChI=1S/C12H12BrNO3S/c13-10-3-1-9(18-10)2-4-11(15)14-6-5-8(7-14)12(16)17/h1-4,8H,5-7H2,(H,16,17)/b4-2+/t8-/m1/s1. The number of nitrogens with zero attached hydrogens (tertiary/aromatic N) is 1. The first-order valence-electron chi connectivity index (χ1n) is 5.51. The molecule has 1 aromatic rings. The summed E-state index contributed by atoms with van der Waals surface area (Å²) in [5, 5.41) is 8.86. The molecule has 1 N–H and O–H groups in total. The quantitative estimate of drug-likeness (QED) is 0.866. The molecule has 0 radical (unpaired) electrons. The third-order valence-corrected chi connectivity index (χ3v) is 4.42. The maximum absolute atomic E-state index is 11.8. The lowest BCUT2D eigenvalue weighted by Crippen LogP contribution is -2.28. The Morgan fingerprint density at radius 3 is 2.83 bits per heavy atom. The number of thiophene rings is 1. The Balaban J connectivity index is 1.93. The zero-order valence-electron chi connectivity index (χ0n) is 9.51. The number of likely N-dealkylation sites (tertiary alicyclic amines) is 1. The molecule has 1 aromatic heterocycles. The van der Waals surface area contributed by atoms with Crippen LogP contribution in [-0.4, -0.2) is 35.0 Å². The van der Waals surface area contributed by atoms with Gasteiger partial charge in [-0.3, -0.25) is 9.59 Å². The van der Waals surface area contributed by atoms with E-state index in [-0.39, 0.29) is 5.91 Å². The fourth-order valence-corrected chi connectivity index (χ4v) is 3.17. The Morgan fingerprint density at radius 1 is 1.50 bits per heavy atom. The zero-order chi connectivity index (χ0) is 13.1. The Kier molecular flexibility index (Phi) is 4.19. The number of aliphatic carboxylic acids is 1. The SMILES string of the molecule is O=C(O)[C@@H]1CCN(C(=O)/C=C/c2ccc(Br)s2)C1. The van der Waals surface area contributed by atoms with Crippen LogP contribution in [0, 0.1) is 5.92 Å². The number of hydrogen-bond acceptors (Lipinski definition) is 3. The number of hydrogen-bond donors (Lipinski definition) is 1. The number of carboxylic acid groups (broad SMARTS) is 1. The van der Waals surface area contributed by atoms with Crippen molar-refractivity contribution in [3.63, 3.8) is 0 Å². The minimum Gasteiger partial charge on any atom is -0.481 e. The Labute approximate surface area is 117 Å². The van der Waals surface area contributed by atoms with Gasteiger partial charge in [0.05, 0.1) is 9.70 Å². The topological polar surface area (TPSA) is 57.6 Å². The Morgan fingerprint density at radius 2 is 2.28 bits per heavy atom. The second kappa shape index (κ2) is 5.67. The van der Waals surface area contributed by atoms with Crippen molar-refractivity contribution in [1.29, 1.82) is 0 Å². The van der Waals surface area contributed by atoms with E-state index in [0.717, 1.165) is 8.66 Å². The highest BCUT2D eigenvalue weighted by molar-refractivity contribution is 9.11. The maximum atomic E-state index is 11.8. The van der Waals surface area contributed by atoms with Crippen molar-refractivity contribution in [1.82, 2.24) is 4.90 Å². The summed E-state index contributed by atoms with van der Waals surface area (Å²) < 4.78 is 1.02. The molecular formula is C12H12BrNO3S. The van der Waals surface area contributed by atoms with Crippen LogP contribution >= 0.6 is 27.3 Å². The second-order valence-corrected chi connectivity index (χ2v) is 6.58. The van der Waals surface area contributed by atoms with Gasteiger partial charge in [-0.15, -0.1) is 11.3 Å². The van der Waals surface area contributed by atoms with Crippen LogP contribution in [0.3, 0.4) is 0 Å². The van der Waals surface area contributed by atoms with Gasteiger partial charge in [0.25, 0.3) is 0 Å². The third kappa shape index (κ3) is 3.20. The van der Waals surface area contributed by atoms with Crippen LogP contribution in [0.2, 0.25) is 0 Å². The fourth-order valence-electron chi connectivity index (χ4n) is 1.84. The number of rotatable bonds is 3. The van der Waals surface area contributed by atoms with Crippen molar-refractivity contribution in [3.8, 4) is 0 Å². The molecule has 4 nitrogen and oxygen atoms in total. The van der Waals surface area contributed by atoms with Gasteiger partial charge >= 0.3 is 5.97 Å². The summed E-state index contributed by atoms with van der Waals surface area (Å²) >= 11 is 4.90. The largest absolute Gasteiger partial charge is 0.481 e. The van der Waals surface area contributed by atoms with Crippen LogP contribution in [-0.2, 0) is 9.59 Å². The van der Waals surface area contributed by atoms with Crippen LogP contribution < -0.4 is 0 Å². The van der Waals surface area contributed by atoms with Crippen molar-refractivity contribution in [2.45, 2.75) is 6.42 Å². The smallest absolute Gasteiger partial charge is 0.308 e. The summed E-state index contributed by atoms with van der Waals surface area (Å²) in [6.45, 7) is 0.834. The highest BCUT2D eigenvalue weighted by atomic mass is 79.9. The summed E-state index contributed by atoms with van der Waals surface area (Å²) in [5.74, 6) is -1.36. The van der Waals surface area contributed by atoms with Crippen molar-refractivity contribution in [2.75, 3.05) is 13.1 Å². The van der Waals surface area contributed by atoms with Crippen molar-refractivity contribution < 1.29 is 14.7 Å². The van der Waals surface area contributed by atoms with Crippen LogP contribution in [0.4, 0.5) is 0 Å². The van der Waals surface area contributed by atoms with Crippen molar-refractivity contribution >= 4 is 45.2 Å². The van der Waals surface area contributed by atoms with Gasteiger partial charge in [-0.05, 0) is 40.6 Å². The molecule has 0 bridgehead atoms. The summed E-state index contributed by atoms with van der Waals surface area (Å²) in [6, 6.07) is 3.84. The van der Waals surface area contributed by atoms with Crippen LogP contribution in [0.5, 0.6) is 0 Å². The lowest BCUT2D eigenvalue weighted by Gasteiger charge is -2.12. The van der Waals surface area contributed by atoms with Gasteiger partial charge in [0.2, 0.25) is 5.91 Å². The zero-order valence-corrected chi connectivity index (χ0v) is 11.9. The summed E-state index contributed by atoms with van der Waals surface area (Å²) in [4.78, 5) is 25.2. The van der Waals surface area contributed by atoms with E-state index >= 15 is 0 Å². The molecule has 2 rings (SSSR count). The number of amides is 1. The van der Waals surface area contributed by atoms with Gasteiger partial charge in [0.15, 0.2) is 0 Å². The molecule has 1 atom stereocenters. The van der Waals surface area contributed by atoms with E-state index in [0.29, 0.717) is 19.5 Å². The first-order valence-corrected chi connectivity index (χ1v) is 7.12. The van der Waals surface area contributed by atoms with E-state index in [2.05, 4.69) is 15.9 Å². The summed E-state index contributed by atoms with van der Waals surface area (Å²) in [5.41, 5.74) is 0. The van der Waals surface area contributed by atoms with Crippen LogP contribution in [0.1, 0.15) is 11.3 Å². The van der Waals surface area contributed by atoms with Gasteiger partial charge in [-0.25, -0.2) is 0 Å². The second-order valence-electron chi connectivity index (χ2n) is 4.08. The van der Waals surface area contributed by atoms with Crippen LogP contribution in [0.25, 0.3) is 6.08 Å². The normalized spacial score (nSPS) is 19.6. The van der Waals surface area contributed by atoms with Gasteiger partial charge in [-0.1, -0.05) is 0 Å². The van der Waals surface area contributed by atoms with E-state index in [1.54, 1.807) is 22.3 Å². The highest BCUT2D eigenvalue weighted by Gasteiger charge is 2.29. The summed E-state index contributed by atoms with van der Waals surface area (Å²) in [6.07, 6.45) is 3.80. The number of carboxylic acids is 1. The molecule has 1 saturated heterocycles. The molecule has 0 unspecified atom stereocenters. The molecule has 2 heterocycles. The molecule has 0 aliphatic carbocycles. The van der Waals surface area contributed by atoms with Crippen molar-refractivity contribution in [3.05, 3.63) is 26.9 Å². The molecule has 18 heavy (non-hydrogen) atoms. The Bertz CT molecular complexity index is 497. The lowest BCUT2D eigenvalue weighted by atomic mass is 10.1. The van der Waals surface area contributed by atoms with Gasteiger partial charge in [-0.2, -0.15) is 0 Å². The molecule has 1 aliphatic heterocycles. The number of carbonyl (C=O) groups is 2. The van der Waals surface area contributed by atoms with Crippen molar-refractivity contribution in [2.24, 2.45) is 5.92 Å². The van der Waals surface area contributed by atoms with E-state index in [1.807, 2.05) is 12.1 Å². The first kappa shape index (κ1) is 13.3. The Hall–Kier alpha value is -1.14. The number of carbonyl (C=O) groups excluding carboxylic acids is 1. The molecule has 0 spiro atoms.